The molecule has 0 saturated carbocycles. The summed E-state index contributed by atoms with van der Waals surface area (Å²) in [6.45, 7) is -0.789. The average molecular weight is 339 g/mol. The predicted octanol–water partition coefficient (Wildman–Crippen LogP) is -5.12. The molecule has 14 heteroatoms. The van der Waals surface area contributed by atoms with E-state index in [1.807, 2.05) is 0 Å². The Morgan fingerprint density at radius 2 is 1.95 bits per heavy atom. The number of thiol groups is 1. The summed E-state index contributed by atoms with van der Waals surface area (Å²) in [6.07, 6.45) is -8.58. The van der Waals surface area contributed by atoms with Gasteiger partial charge in [0, 0.05) is 0 Å². The monoisotopic (exact) mass is 339 g/mol. The van der Waals surface area contributed by atoms with Crippen molar-refractivity contribution in [1.29, 1.82) is 0 Å². The standard InChI is InChI=1S/C6H13NO11S2/c7-20(14,15)18-5(10)6(11)4(9)3(8)2(1-16-6)17-19(12)13/h2-5,8-11,19H,1H2,(H2,7,14,15)/t2-,3-,4+,5?,6+/m1/s1. The van der Waals surface area contributed by atoms with Crippen molar-refractivity contribution < 1.29 is 50.4 Å². The van der Waals surface area contributed by atoms with Gasteiger partial charge >= 0.3 is 10.3 Å². The second-order valence-corrected chi connectivity index (χ2v) is 5.64. The molecule has 0 radical (unpaired) electrons. The van der Waals surface area contributed by atoms with Gasteiger partial charge in [0.05, 0.1) is 6.61 Å². The largest absolute Gasteiger partial charge is 0.387 e. The molecule has 1 rings (SSSR count). The Labute approximate surface area is 114 Å². The van der Waals surface area contributed by atoms with E-state index in [1.54, 1.807) is 0 Å². The highest BCUT2D eigenvalue weighted by atomic mass is 32.2. The van der Waals surface area contributed by atoms with E-state index in [9.17, 15) is 37.3 Å². The molecule has 12 nitrogen and oxygen atoms in total. The molecule has 0 amide bonds. The molecule has 1 saturated heterocycles. The van der Waals surface area contributed by atoms with Crippen LogP contribution in [0.1, 0.15) is 0 Å². The molecule has 0 aromatic rings. The van der Waals surface area contributed by atoms with Gasteiger partial charge in [-0.1, -0.05) is 0 Å². The van der Waals surface area contributed by atoms with Gasteiger partial charge in [0.1, 0.15) is 18.3 Å². The van der Waals surface area contributed by atoms with Gasteiger partial charge in [-0.15, -0.1) is 0 Å². The van der Waals surface area contributed by atoms with Crippen molar-refractivity contribution in [3.8, 4) is 0 Å². The third-order valence-corrected chi connectivity index (χ3v) is 3.30. The van der Waals surface area contributed by atoms with Crippen LogP contribution in [0.15, 0.2) is 0 Å². The number of hydrogen-bond acceptors (Lipinski definition) is 11. The molecule has 0 spiro atoms. The Bertz CT molecular complexity index is 509. The highest BCUT2D eigenvalue weighted by Gasteiger charge is 2.55. The van der Waals surface area contributed by atoms with Crippen LogP contribution in [0, 0.1) is 0 Å². The van der Waals surface area contributed by atoms with E-state index in [0.29, 0.717) is 0 Å². The summed E-state index contributed by atoms with van der Waals surface area (Å²) in [6, 6.07) is 0. The zero-order valence-electron chi connectivity index (χ0n) is 9.60. The summed E-state index contributed by atoms with van der Waals surface area (Å²) >= 11 is 0. The second kappa shape index (κ2) is 6.14. The van der Waals surface area contributed by atoms with E-state index in [1.165, 1.54) is 0 Å². The lowest BCUT2D eigenvalue weighted by molar-refractivity contribution is -0.376. The molecular formula is C6H13NO11S2. The Hall–Kier alpha value is -0.420. The maximum Gasteiger partial charge on any atom is 0.335 e. The molecule has 1 heterocycles. The van der Waals surface area contributed by atoms with Crippen molar-refractivity contribution in [1.82, 2.24) is 0 Å². The second-order valence-electron chi connectivity index (χ2n) is 3.81. The van der Waals surface area contributed by atoms with Crippen LogP contribution in [-0.2, 0) is 34.4 Å². The van der Waals surface area contributed by atoms with Crippen LogP contribution >= 0.6 is 0 Å². The first kappa shape index (κ1) is 17.6. The van der Waals surface area contributed by atoms with Crippen LogP contribution in [-0.4, -0.2) is 74.3 Å². The smallest absolute Gasteiger partial charge is 0.335 e. The summed E-state index contributed by atoms with van der Waals surface area (Å²) < 4.78 is 54.4. The van der Waals surface area contributed by atoms with Crippen molar-refractivity contribution in [2.24, 2.45) is 5.14 Å². The van der Waals surface area contributed by atoms with Gasteiger partial charge in [0.15, 0.2) is 0 Å². The minimum atomic E-state index is -4.70. The fourth-order valence-electron chi connectivity index (χ4n) is 1.46. The van der Waals surface area contributed by atoms with E-state index >= 15 is 0 Å². The fourth-order valence-corrected chi connectivity index (χ4v) is 2.26. The SMILES string of the molecule is NS(=O)(=O)OC(O)[C@@]1(O)OC[C@@H](O[SH](=O)=O)[C@@H](O)[C@@H]1O. The van der Waals surface area contributed by atoms with Crippen LogP contribution in [0.5, 0.6) is 0 Å². The topological polar surface area (TPSA) is 203 Å². The third kappa shape index (κ3) is 4.04. The van der Waals surface area contributed by atoms with Gasteiger partial charge in [-0.2, -0.15) is 8.42 Å². The van der Waals surface area contributed by atoms with Gasteiger partial charge in [-0.25, -0.2) is 17.7 Å². The van der Waals surface area contributed by atoms with Crippen molar-refractivity contribution in [3.05, 3.63) is 0 Å². The van der Waals surface area contributed by atoms with Crippen molar-refractivity contribution in [2.75, 3.05) is 6.61 Å². The highest BCUT2D eigenvalue weighted by molar-refractivity contribution is 7.84. The summed E-state index contributed by atoms with van der Waals surface area (Å²) in [4.78, 5) is 0. The summed E-state index contributed by atoms with van der Waals surface area (Å²) in [5, 5.41) is 42.7. The number of aliphatic hydroxyl groups excluding tert-OH is 3. The van der Waals surface area contributed by atoms with Gasteiger partial charge in [0.2, 0.25) is 12.1 Å². The Kier molecular flexibility index (Phi) is 5.41. The van der Waals surface area contributed by atoms with E-state index in [2.05, 4.69) is 18.2 Å². The fraction of sp³-hybridized carbons (Fsp3) is 1.00. The van der Waals surface area contributed by atoms with Crippen LogP contribution in [0.25, 0.3) is 0 Å². The first-order valence-electron chi connectivity index (χ1n) is 4.90. The van der Waals surface area contributed by atoms with Crippen molar-refractivity contribution >= 4 is 21.3 Å². The lowest BCUT2D eigenvalue weighted by Crippen LogP contribution is -2.66. The molecule has 20 heavy (non-hydrogen) atoms. The zero-order valence-corrected chi connectivity index (χ0v) is 11.3. The lowest BCUT2D eigenvalue weighted by atomic mass is 9.96. The van der Waals surface area contributed by atoms with Crippen LogP contribution in [0.2, 0.25) is 0 Å². The number of ether oxygens (including phenoxy) is 1. The Morgan fingerprint density at radius 3 is 2.40 bits per heavy atom. The Morgan fingerprint density at radius 1 is 1.40 bits per heavy atom. The molecule has 5 atom stereocenters. The molecular weight excluding hydrogens is 326 g/mol. The van der Waals surface area contributed by atoms with Crippen LogP contribution in [0.4, 0.5) is 0 Å². The summed E-state index contributed by atoms with van der Waals surface area (Å²) in [7, 11) is -8.07. The molecule has 1 aliphatic rings. The lowest BCUT2D eigenvalue weighted by Gasteiger charge is -2.43. The van der Waals surface area contributed by atoms with E-state index in [4.69, 9.17) is 0 Å². The molecule has 1 fully saturated rings. The first-order valence-corrected chi connectivity index (χ1v) is 7.46. The third-order valence-electron chi connectivity index (χ3n) is 2.41. The molecule has 120 valence electrons. The minimum absolute atomic E-state index is 0.789. The summed E-state index contributed by atoms with van der Waals surface area (Å²) in [5.74, 6) is -3.06. The number of nitrogens with two attached hydrogens (primary N) is 1. The maximum atomic E-state index is 10.6. The van der Waals surface area contributed by atoms with E-state index in [-0.39, 0.29) is 0 Å². The predicted molar refractivity (Wildman–Crippen MR) is 58.3 cm³/mol. The quantitative estimate of drug-likeness (QED) is 0.206. The number of aliphatic hydroxyl groups is 4. The maximum absolute atomic E-state index is 10.6. The average Bonchev–Trinajstić information content (AvgIpc) is 2.27. The molecule has 0 aromatic carbocycles. The highest BCUT2D eigenvalue weighted by Crippen LogP contribution is 2.29. The van der Waals surface area contributed by atoms with Gasteiger partial charge in [-0.3, -0.25) is 4.18 Å². The molecule has 1 aliphatic heterocycles. The normalized spacial score (nSPS) is 37.0. The molecule has 1 unspecified atom stereocenters. The molecule has 0 aromatic heterocycles. The van der Waals surface area contributed by atoms with Crippen molar-refractivity contribution in [2.45, 2.75) is 30.4 Å². The zero-order chi connectivity index (χ0) is 15.7. The first-order chi connectivity index (χ1) is 8.97. The molecule has 0 aliphatic carbocycles. The van der Waals surface area contributed by atoms with Gasteiger partial charge < -0.3 is 25.2 Å². The van der Waals surface area contributed by atoms with Crippen LogP contribution < -0.4 is 5.14 Å². The van der Waals surface area contributed by atoms with E-state index in [0.717, 1.165) is 0 Å². The summed E-state index contributed by atoms with van der Waals surface area (Å²) in [5.41, 5.74) is 0. The molecule has 6 N–H and O–H groups in total. The molecule has 0 bridgehead atoms. The van der Waals surface area contributed by atoms with Crippen LogP contribution in [0.3, 0.4) is 0 Å². The minimum Gasteiger partial charge on any atom is -0.387 e. The number of rotatable bonds is 5. The number of hydrogen-bond donors (Lipinski definition) is 6. The van der Waals surface area contributed by atoms with Gasteiger partial charge in [0.25, 0.3) is 11.0 Å². The van der Waals surface area contributed by atoms with Crippen molar-refractivity contribution in [3.63, 3.8) is 0 Å². The van der Waals surface area contributed by atoms with E-state index < -0.39 is 58.3 Å². The Balaban J connectivity index is 2.88. The van der Waals surface area contributed by atoms with Gasteiger partial charge in [-0.05, 0) is 0 Å².